The van der Waals surface area contributed by atoms with Gasteiger partial charge in [0.05, 0.1) is 30.4 Å². The van der Waals surface area contributed by atoms with Gasteiger partial charge >= 0.3 is 0 Å². The molecule has 4 nitrogen and oxygen atoms in total. The summed E-state index contributed by atoms with van der Waals surface area (Å²) >= 11 is 5.65. The van der Waals surface area contributed by atoms with Crippen molar-refractivity contribution in [1.82, 2.24) is 4.90 Å². The summed E-state index contributed by atoms with van der Waals surface area (Å²) in [7, 11) is 0. The summed E-state index contributed by atoms with van der Waals surface area (Å²) in [6.07, 6.45) is 0. The highest BCUT2D eigenvalue weighted by Crippen LogP contribution is 2.23. The van der Waals surface area contributed by atoms with Gasteiger partial charge in [0, 0.05) is 18.7 Å². The van der Waals surface area contributed by atoms with Gasteiger partial charge in [-0.15, -0.1) is 0 Å². The Hall–Kier alpha value is -2.42. The second-order valence-electron chi connectivity index (χ2n) is 5.46. The third-order valence-electron chi connectivity index (χ3n) is 3.94. The van der Waals surface area contributed by atoms with Gasteiger partial charge in [0.25, 0.3) is 0 Å². The van der Waals surface area contributed by atoms with Crippen LogP contribution in [-0.2, 0) is 11.3 Å². The number of nitriles is 1. The summed E-state index contributed by atoms with van der Waals surface area (Å²) in [5, 5.41) is 9.18. The highest BCUT2D eigenvalue weighted by atomic mass is 32.1. The van der Waals surface area contributed by atoms with E-state index in [4.69, 9.17) is 21.7 Å². The van der Waals surface area contributed by atoms with E-state index in [2.05, 4.69) is 11.0 Å². The van der Waals surface area contributed by atoms with Crippen LogP contribution >= 0.6 is 12.2 Å². The lowest BCUT2D eigenvalue weighted by atomic mass is 10.1. The average molecular weight is 338 g/mol. The van der Waals surface area contributed by atoms with Crippen LogP contribution < -0.4 is 4.74 Å². The van der Waals surface area contributed by atoms with Gasteiger partial charge < -0.3 is 14.4 Å². The van der Waals surface area contributed by atoms with Crippen LogP contribution in [0.4, 0.5) is 0 Å². The summed E-state index contributed by atoms with van der Waals surface area (Å²) in [5.74, 6) is 0.738. The van der Waals surface area contributed by atoms with Gasteiger partial charge in [-0.3, -0.25) is 0 Å². The van der Waals surface area contributed by atoms with Gasteiger partial charge in [-0.25, -0.2) is 0 Å². The van der Waals surface area contributed by atoms with Crippen molar-refractivity contribution < 1.29 is 9.47 Å². The first-order valence-electron chi connectivity index (χ1n) is 7.86. The molecule has 1 aliphatic heterocycles. The largest absolute Gasteiger partial charge is 0.488 e. The zero-order valence-electron chi connectivity index (χ0n) is 13.3. The van der Waals surface area contributed by atoms with Crippen LogP contribution in [0.2, 0.25) is 0 Å². The lowest BCUT2D eigenvalue weighted by molar-refractivity contribution is 0.0692. The molecule has 0 saturated carbocycles. The van der Waals surface area contributed by atoms with Crippen molar-refractivity contribution in [2.75, 3.05) is 26.3 Å². The first-order chi connectivity index (χ1) is 11.8. The molecule has 0 spiro atoms. The maximum absolute atomic E-state index is 9.18. The van der Waals surface area contributed by atoms with Gasteiger partial charge in [0.2, 0.25) is 0 Å². The second kappa shape index (κ2) is 7.91. The van der Waals surface area contributed by atoms with Crippen LogP contribution in [0.3, 0.4) is 0 Å². The first kappa shape index (κ1) is 16.4. The minimum atomic E-state index is 0.340. The molecule has 5 heteroatoms. The Morgan fingerprint density at radius 1 is 1.12 bits per heavy atom. The Morgan fingerprint density at radius 3 is 2.62 bits per heavy atom. The van der Waals surface area contributed by atoms with Crippen molar-refractivity contribution in [3.05, 3.63) is 65.2 Å². The minimum Gasteiger partial charge on any atom is -0.488 e. The zero-order chi connectivity index (χ0) is 16.8. The van der Waals surface area contributed by atoms with E-state index in [9.17, 15) is 5.26 Å². The van der Waals surface area contributed by atoms with Gasteiger partial charge in [0.15, 0.2) is 0 Å². The van der Waals surface area contributed by atoms with Gasteiger partial charge in [-0.1, -0.05) is 42.5 Å². The number of morpholine rings is 1. The van der Waals surface area contributed by atoms with Gasteiger partial charge in [-0.05, 0) is 18.2 Å². The second-order valence-corrected chi connectivity index (χ2v) is 5.85. The molecule has 1 aliphatic rings. The lowest BCUT2D eigenvalue weighted by Crippen LogP contribution is -2.40. The van der Waals surface area contributed by atoms with Crippen molar-refractivity contribution >= 4 is 17.2 Å². The fourth-order valence-electron chi connectivity index (χ4n) is 2.62. The Kier molecular flexibility index (Phi) is 5.42. The Morgan fingerprint density at radius 2 is 1.83 bits per heavy atom. The number of thiocarbonyl (C=S) groups is 1. The number of benzene rings is 2. The normalized spacial score (nSPS) is 14.0. The van der Waals surface area contributed by atoms with E-state index in [-0.39, 0.29) is 0 Å². The summed E-state index contributed by atoms with van der Waals surface area (Å²) in [6, 6.07) is 17.4. The number of para-hydroxylation sites is 1. The molecule has 0 unspecified atom stereocenters. The van der Waals surface area contributed by atoms with Crippen LogP contribution in [0.5, 0.6) is 5.75 Å². The van der Waals surface area contributed by atoms with Gasteiger partial charge in [-0.2, -0.15) is 5.26 Å². The number of ether oxygens (including phenoxy) is 2. The van der Waals surface area contributed by atoms with Crippen LogP contribution in [-0.4, -0.2) is 36.2 Å². The standard InChI is InChI=1S/C19H18N2O2S/c20-13-15-5-1-2-6-16(15)14-23-18-8-4-3-7-17(18)19(24)21-9-11-22-12-10-21/h1-8H,9-12,14H2. The number of rotatable bonds is 4. The molecule has 0 atom stereocenters. The molecule has 24 heavy (non-hydrogen) atoms. The van der Waals surface area contributed by atoms with Crippen LogP contribution in [0, 0.1) is 11.3 Å². The summed E-state index contributed by atoms with van der Waals surface area (Å²) < 4.78 is 11.4. The maximum atomic E-state index is 9.18. The van der Waals surface area contributed by atoms with Crippen LogP contribution in [0.15, 0.2) is 48.5 Å². The fourth-order valence-corrected chi connectivity index (χ4v) is 2.97. The van der Waals surface area contributed by atoms with Crippen molar-refractivity contribution in [2.24, 2.45) is 0 Å². The smallest absolute Gasteiger partial charge is 0.130 e. The van der Waals surface area contributed by atoms with E-state index >= 15 is 0 Å². The Balaban J connectivity index is 1.77. The Bertz CT molecular complexity index is 764. The molecule has 0 N–H and O–H groups in total. The van der Waals surface area contributed by atoms with Crippen molar-refractivity contribution in [1.29, 1.82) is 5.26 Å². The number of nitrogens with zero attached hydrogens (tertiary/aromatic N) is 2. The molecule has 0 aromatic heterocycles. The molecule has 0 radical (unpaired) electrons. The number of hydrogen-bond acceptors (Lipinski definition) is 4. The summed E-state index contributed by atoms with van der Waals surface area (Å²) in [5.41, 5.74) is 2.40. The topological polar surface area (TPSA) is 45.5 Å². The van der Waals surface area contributed by atoms with E-state index in [1.807, 2.05) is 42.5 Å². The van der Waals surface area contributed by atoms with Crippen molar-refractivity contribution in [3.63, 3.8) is 0 Å². The van der Waals surface area contributed by atoms with E-state index < -0.39 is 0 Å². The molecule has 1 fully saturated rings. The lowest BCUT2D eigenvalue weighted by Gasteiger charge is -2.29. The number of hydrogen-bond donors (Lipinski definition) is 0. The first-order valence-corrected chi connectivity index (χ1v) is 8.27. The summed E-state index contributed by atoms with van der Waals surface area (Å²) in [6.45, 7) is 3.32. The maximum Gasteiger partial charge on any atom is 0.130 e. The highest BCUT2D eigenvalue weighted by molar-refractivity contribution is 7.80. The molecule has 3 rings (SSSR count). The Labute approximate surface area is 147 Å². The SMILES string of the molecule is N#Cc1ccccc1COc1ccccc1C(=S)N1CCOCC1. The van der Waals surface area contributed by atoms with E-state index in [1.54, 1.807) is 6.07 Å². The van der Waals surface area contributed by atoms with E-state index in [0.717, 1.165) is 35.0 Å². The molecular weight excluding hydrogens is 320 g/mol. The predicted octanol–water partition coefficient (Wildman–Crippen LogP) is 3.14. The molecule has 0 bridgehead atoms. The molecule has 0 amide bonds. The average Bonchev–Trinajstić information content (AvgIpc) is 2.67. The van der Waals surface area contributed by atoms with E-state index in [1.165, 1.54) is 0 Å². The molecular formula is C19H18N2O2S. The quantitative estimate of drug-likeness (QED) is 0.802. The molecule has 0 aliphatic carbocycles. The third-order valence-corrected chi connectivity index (χ3v) is 4.41. The van der Waals surface area contributed by atoms with Crippen LogP contribution in [0.1, 0.15) is 16.7 Å². The summed E-state index contributed by atoms with van der Waals surface area (Å²) in [4.78, 5) is 2.92. The minimum absolute atomic E-state index is 0.340. The molecule has 122 valence electrons. The van der Waals surface area contributed by atoms with E-state index in [0.29, 0.717) is 25.4 Å². The van der Waals surface area contributed by atoms with Gasteiger partial charge in [0.1, 0.15) is 17.3 Å². The highest BCUT2D eigenvalue weighted by Gasteiger charge is 2.18. The van der Waals surface area contributed by atoms with Crippen molar-refractivity contribution in [2.45, 2.75) is 6.61 Å². The predicted molar refractivity (Wildman–Crippen MR) is 96.0 cm³/mol. The molecule has 1 heterocycles. The fraction of sp³-hybridized carbons (Fsp3) is 0.263. The third kappa shape index (κ3) is 3.73. The van der Waals surface area contributed by atoms with Crippen LogP contribution in [0.25, 0.3) is 0 Å². The molecule has 2 aromatic rings. The zero-order valence-corrected chi connectivity index (χ0v) is 14.1. The van der Waals surface area contributed by atoms with Crippen molar-refractivity contribution in [3.8, 4) is 11.8 Å². The monoisotopic (exact) mass is 338 g/mol. The molecule has 2 aromatic carbocycles. The molecule has 1 saturated heterocycles.